The summed E-state index contributed by atoms with van der Waals surface area (Å²) in [5, 5.41) is 3.04. The number of carbonyl (C=O) groups excluding carboxylic acids is 1. The van der Waals surface area contributed by atoms with E-state index in [0.717, 1.165) is 25.0 Å². The Labute approximate surface area is 114 Å². The van der Waals surface area contributed by atoms with Crippen molar-refractivity contribution in [1.29, 1.82) is 0 Å². The van der Waals surface area contributed by atoms with E-state index in [0.29, 0.717) is 13.1 Å². The van der Waals surface area contributed by atoms with Crippen molar-refractivity contribution >= 4 is 5.91 Å². The predicted octanol–water partition coefficient (Wildman–Crippen LogP) is 0.509. The van der Waals surface area contributed by atoms with Crippen LogP contribution >= 0.6 is 0 Å². The van der Waals surface area contributed by atoms with Gasteiger partial charge in [-0.2, -0.15) is 0 Å². The first kappa shape index (κ1) is 14.0. The van der Waals surface area contributed by atoms with E-state index in [1.807, 2.05) is 30.1 Å². The maximum Gasteiger partial charge on any atom is 0.234 e. The topological polar surface area (TPSA) is 71.2 Å². The molecule has 104 valence electrons. The number of nitrogens with one attached hydrogen (secondary N) is 1. The lowest BCUT2D eigenvalue weighted by Crippen LogP contribution is -2.40. The zero-order chi connectivity index (χ0) is 13.7. The molecule has 3 N–H and O–H groups in total. The number of pyridine rings is 1. The predicted molar refractivity (Wildman–Crippen MR) is 74.3 cm³/mol. The molecule has 5 nitrogen and oxygen atoms in total. The second kappa shape index (κ2) is 6.63. The molecular weight excluding hydrogens is 240 g/mol. The van der Waals surface area contributed by atoms with Gasteiger partial charge in [-0.05, 0) is 38.4 Å². The second-order valence-electron chi connectivity index (χ2n) is 5.33. The van der Waals surface area contributed by atoms with Crippen LogP contribution in [0.5, 0.6) is 0 Å². The van der Waals surface area contributed by atoms with E-state index in [2.05, 4.69) is 10.3 Å². The largest absolute Gasteiger partial charge is 0.352 e. The molecular formula is C14H22N4O. The van der Waals surface area contributed by atoms with Crippen molar-refractivity contribution in [2.75, 3.05) is 13.6 Å². The van der Waals surface area contributed by atoms with Gasteiger partial charge in [0.25, 0.3) is 0 Å². The fraction of sp³-hybridized carbons (Fsp3) is 0.571. The molecule has 1 fully saturated rings. The summed E-state index contributed by atoms with van der Waals surface area (Å²) in [5.41, 5.74) is 6.81. The van der Waals surface area contributed by atoms with Gasteiger partial charge < -0.3 is 11.1 Å². The van der Waals surface area contributed by atoms with Gasteiger partial charge in [0.15, 0.2) is 0 Å². The molecule has 2 atom stereocenters. The molecule has 2 rings (SSSR count). The van der Waals surface area contributed by atoms with Gasteiger partial charge >= 0.3 is 0 Å². The van der Waals surface area contributed by atoms with Crippen molar-refractivity contribution in [3.05, 3.63) is 30.1 Å². The fourth-order valence-electron chi connectivity index (χ4n) is 2.49. The SMILES string of the molecule is CN(CC(=O)N[C@@H]1CC[C@@H](N)C1)Cc1ccccn1. The molecule has 0 aromatic carbocycles. The van der Waals surface area contributed by atoms with Crippen molar-refractivity contribution in [1.82, 2.24) is 15.2 Å². The van der Waals surface area contributed by atoms with Gasteiger partial charge in [-0.15, -0.1) is 0 Å². The minimum Gasteiger partial charge on any atom is -0.352 e. The van der Waals surface area contributed by atoms with Crippen LogP contribution in [0.4, 0.5) is 0 Å². The molecule has 5 heteroatoms. The number of nitrogens with zero attached hydrogens (tertiary/aromatic N) is 2. The van der Waals surface area contributed by atoms with Gasteiger partial charge in [0.05, 0.1) is 12.2 Å². The number of rotatable bonds is 5. The number of likely N-dealkylation sites (N-methyl/N-ethyl adjacent to an activating group) is 1. The minimum absolute atomic E-state index is 0.0672. The zero-order valence-corrected chi connectivity index (χ0v) is 11.4. The monoisotopic (exact) mass is 262 g/mol. The summed E-state index contributed by atoms with van der Waals surface area (Å²) in [6, 6.07) is 6.31. The average Bonchev–Trinajstić information content (AvgIpc) is 2.75. The molecule has 0 saturated heterocycles. The van der Waals surface area contributed by atoms with E-state index in [-0.39, 0.29) is 18.0 Å². The third kappa shape index (κ3) is 4.61. The summed E-state index contributed by atoms with van der Waals surface area (Å²) < 4.78 is 0. The Morgan fingerprint density at radius 2 is 2.37 bits per heavy atom. The summed E-state index contributed by atoms with van der Waals surface area (Å²) in [6.45, 7) is 1.07. The van der Waals surface area contributed by atoms with Gasteiger partial charge in [0.2, 0.25) is 5.91 Å². The normalized spacial score (nSPS) is 22.7. The van der Waals surface area contributed by atoms with Gasteiger partial charge in [0.1, 0.15) is 0 Å². The van der Waals surface area contributed by atoms with E-state index in [4.69, 9.17) is 5.73 Å². The standard InChI is InChI=1S/C14H22N4O/c1-18(9-13-4-2-3-7-16-13)10-14(19)17-12-6-5-11(15)8-12/h2-4,7,11-12H,5-6,8-10,15H2,1H3,(H,17,19)/t11-,12-/m1/s1. The number of aromatic nitrogens is 1. The van der Waals surface area contributed by atoms with Crippen LogP contribution in [0.1, 0.15) is 25.0 Å². The van der Waals surface area contributed by atoms with Crippen LogP contribution in [0.25, 0.3) is 0 Å². The molecule has 0 radical (unpaired) electrons. The lowest BCUT2D eigenvalue weighted by Gasteiger charge is -2.18. The third-order valence-electron chi connectivity index (χ3n) is 3.41. The first-order chi connectivity index (χ1) is 9.13. The number of nitrogens with two attached hydrogens (primary N) is 1. The molecule has 19 heavy (non-hydrogen) atoms. The van der Waals surface area contributed by atoms with Crippen LogP contribution in [-0.4, -0.2) is 41.5 Å². The summed E-state index contributed by atoms with van der Waals surface area (Å²) in [7, 11) is 1.93. The molecule has 1 aliphatic rings. The highest BCUT2D eigenvalue weighted by Gasteiger charge is 2.23. The maximum absolute atomic E-state index is 11.9. The van der Waals surface area contributed by atoms with Crippen molar-refractivity contribution < 1.29 is 4.79 Å². The number of carbonyl (C=O) groups is 1. The third-order valence-corrected chi connectivity index (χ3v) is 3.41. The number of hydrogen-bond donors (Lipinski definition) is 2. The highest BCUT2D eigenvalue weighted by atomic mass is 16.2. The molecule has 1 amide bonds. The van der Waals surface area contributed by atoms with E-state index in [9.17, 15) is 4.79 Å². The molecule has 1 saturated carbocycles. The van der Waals surface area contributed by atoms with Crippen molar-refractivity contribution in [3.8, 4) is 0 Å². The van der Waals surface area contributed by atoms with Crippen LogP contribution in [0.2, 0.25) is 0 Å². The Kier molecular flexibility index (Phi) is 4.87. The molecule has 1 aromatic rings. The van der Waals surface area contributed by atoms with Crippen molar-refractivity contribution in [2.24, 2.45) is 5.73 Å². The first-order valence-corrected chi connectivity index (χ1v) is 6.77. The molecule has 1 aromatic heterocycles. The molecule has 0 bridgehead atoms. The zero-order valence-electron chi connectivity index (χ0n) is 11.4. The highest BCUT2D eigenvalue weighted by molar-refractivity contribution is 5.78. The summed E-state index contributed by atoms with van der Waals surface area (Å²) >= 11 is 0. The minimum atomic E-state index is 0.0672. The second-order valence-corrected chi connectivity index (χ2v) is 5.33. The Bertz CT molecular complexity index is 409. The molecule has 1 heterocycles. The van der Waals surface area contributed by atoms with Crippen molar-refractivity contribution in [2.45, 2.75) is 37.9 Å². The van der Waals surface area contributed by atoms with Crippen LogP contribution in [0.15, 0.2) is 24.4 Å². The smallest absolute Gasteiger partial charge is 0.234 e. The molecule has 0 aliphatic heterocycles. The Hall–Kier alpha value is -1.46. The van der Waals surface area contributed by atoms with Crippen LogP contribution in [0, 0.1) is 0 Å². The van der Waals surface area contributed by atoms with Crippen LogP contribution in [-0.2, 0) is 11.3 Å². The van der Waals surface area contributed by atoms with Gasteiger partial charge in [-0.1, -0.05) is 6.07 Å². The van der Waals surface area contributed by atoms with E-state index in [1.165, 1.54) is 0 Å². The van der Waals surface area contributed by atoms with Crippen LogP contribution < -0.4 is 11.1 Å². The Morgan fingerprint density at radius 1 is 1.53 bits per heavy atom. The van der Waals surface area contributed by atoms with Crippen LogP contribution in [0.3, 0.4) is 0 Å². The fourth-order valence-corrected chi connectivity index (χ4v) is 2.49. The number of hydrogen-bond acceptors (Lipinski definition) is 4. The van der Waals surface area contributed by atoms with Crippen molar-refractivity contribution in [3.63, 3.8) is 0 Å². The Balaban J connectivity index is 1.73. The lowest BCUT2D eigenvalue weighted by molar-refractivity contribution is -0.122. The quantitative estimate of drug-likeness (QED) is 0.811. The van der Waals surface area contributed by atoms with Gasteiger partial charge in [-0.25, -0.2) is 0 Å². The Morgan fingerprint density at radius 3 is 3.00 bits per heavy atom. The maximum atomic E-state index is 11.9. The van der Waals surface area contributed by atoms with E-state index >= 15 is 0 Å². The van der Waals surface area contributed by atoms with Gasteiger partial charge in [-0.3, -0.25) is 14.7 Å². The van der Waals surface area contributed by atoms with E-state index in [1.54, 1.807) is 6.20 Å². The molecule has 1 aliphatic carbocycles. The highest BCUT2D eigenvalue weighted by Crippen LogP contribution is 2.16. The summed E-state index contributed by atoms with van der Waals surface area (Å²) in [4.78, 5) is 18.1. The van der Waals surface area contributed by atoms with Gasteiger partial charge in [0, 0.05) is 24.8 Å². The van der Waals surface area contributed by atoms with E-state index < -0.39 is 0 Å². The average molecular weight is 262 g/mol. The lowest BCUT2D eigenvalue weighted by atomic mass is 10.2. The molecule has 0 spiro atoms. The summed E-state index contributed by atoms with van der Waals surface area (Å²) in [5.74, 6) is 0.0672. The summed E-state index contributed by atoms with van der Waals surface area (Å²) in [6.07, 6.45) is 4.67. The molecule has 0 unspecified atom stereocenters. The number of amides is 1. The first-order valence-electron chi connectivity index (χ1n) is 6.77.